The van der Waals surface area contributed by atoms with Gasteiger partial charge in [-0.25, -0.2) is 0 Å². The Hall–Kier alpha value is -0.800. The lowest BCUT2D eigenvalue weighted by molar-refractivity contribution is 0.479. The molecule has 75 valence electrons. The van der Waals surface area contributed by atoms with E-state index in [9.17, 15) is 0 Å². The highest BCUT2D eigenvalue weighted by Gasteiger charge is 2.02. The van der Waals surface area contributed by atoms with Crippen LogP contribution >= 0.6 is 31.9 Å². The summed E-state index contributed by atoms with van der Waals surface area (Å²) in [6.07, 6.45) is 0. The van der Waals surface area contributed by atoms with Gasteiger partial charge in [-0.2, -0.15) is 0 Å². The van der Waals surface area contributed by atoms with Crippen molar-refractivity contribution in [1.82, 2.24) is 0 Å². The number of halogens is 2. The summed E-state index contributed by atoms with van der Waals surface area (Å²) in [4.78, 5) is 0. The fourth-order valence-corrected chi connectivity index (χ4v) is 1.79. The lowest BCUT2D eigenvalue weighted by Gasteiger charge is -2.07. The zero-order valence-electron chi connectivity index (χ0n) is 7.71. The van der Waals surface area contributed by atoms with Gasteiger partial charge in [0.05, 0.1) is 4.47 Å². The molecule has 0 spiro atoms. The normalized spacial score (nSPS) is 10.0. The molecule has 0 aliphatic carbocycles. The van der Waals surface area contributed by atoms with Crippen molar-refractivity contribution in [1.29, 1.82) is 0 Å². The molecule has 0 aliphatic heterocycles. The Morgan fingerprint density at radius 3 is 2.73 bits per heavy atom. The molecule has 0 fully saturated rings. The second-order valence-corrected chi connectivity index (χ2v) is 4.69. The molecule has 0 saturated carbocycles. The number of benzene rings is 2. The van der Waals surface area contributed by atoms with Crippen LogP contribution in [0, 0.1) is 6.07 Å². The summed E-state index contributed by atoms with van der Waals surface area (Å²) in [5, 5.41) is 0. The molecule has 0 saturated heterocycles. The van der Waals surface area contributed by atoms with E-state index < -0.39 is 0 Å². The van der Waals surface area contributed by atoms with E-state index in [4.69, 9.17) is 4.74 Å². The maximum atomic E-state index is 5.68. The molecule has 0 aromatic heterocycles. The average molecular weight is 327 g/mol. The summed E-state index contributed by atoms with van der Waals surface area (Å²) >= 11 is 6.83. The van der Waals surface area contributed by atoms with Crippen LogP contribution in [0.25, 0.3) is 0 Å². The van der Waals surface area contributed by atoms with E-state index in [0.717, 1.165) is 20.4 Å². The monoisotopic (exact) mass is 325 g/mol. The molecule has 0 bridgehead atoms. The van der Waals surface area contributed by atoms with Gasteiger partial charge in [-0.3, -0.25) is 0 Å². The fraction of sp³-hybridized carbons (Fsp3) is 0. The summed E-state index contributed by atoms with van der Waals surface area (Å²) in [5.74, 6) is 1.56. The Labute approximate surface area is 105 Å². The maximum absolute atomic E-state index is 5.68. The van der Waals surface area contributed by atoms with Crippen molar-refractivity contribution in [2.24, 2.45) is 0 Å². The van der Waals surface area contributed by atoms with Gasteiger partial charge in [-0.15, -0.1) is 0 Å². The Bertz CT molecular complexity index is 454. The van der Waals surface area contributed by atoms with Crippen molar-refractivity contribution >= 4 is 31.9 Å². The van der Waals surface area contributed by atoms with Crippen molar-refractivity contribution < 1.29 is 4.74 Å². The first-order valence-electron chi connectivity index (χ1n) is 4.35. The molecule has 0 amide bonds. The predicted octanol–water partition coefficient (Wildman–Crippen LogP) is 4.80. The molecule has 2 aromatic carbocycles. The van der Waals surface area contributed by atoms with Crippen LogP contribution in [-0.2, 0) is 0 Å². The van der Waals surface area contributed by atoms with E-state index in [1.807, 2.05) is 36.4 Å². The summed E-state index contributed by atoms with van der Waals surface area (Å²) in [6.45, 7) is 0. The van der Waals surface area contributed by atoms with Gasteiger partial charge in [-0.1, -0.05) is 28.1 Å². The highest BCUT2D eigenvalue weighted by atomic mass is 79.9. The molecular formula is C12H7Br2O. The van der Waals surface area contributed by atoms with Gasteiger partial charge in [0.25, 0.3) is 0 Å². The van der Waals surface area contributed by atoms with Crippen molar-refractivity contribution in [3.05, 3.63) is 57.5 Å². The summed E-state index contributed by atoms with van der Waals surface area (Å²) in [5.41, 5.74) is 0. The molecule has 0 N–H and O–H groups in total. The number of ether oxygens (including phenoxy) is 1. The highest BCUT2D eigenvalue weighted by Crippen LogP contribution is 2.31. The van der Waals surface area contributed by atoms with Gasteiger partial charge in [0.2, 0.25) is 0 Å². The molecule has 1 nitrogen and oxygen atoms in total. The van der Waals surface area contributed by atoms with E-state index in [-0.39, 0.29) is 0 Å². The average Bonchev–Trinajstić information content (AvgIpc) is 2.25. The van der Waals surface area contributed by atoms with Crippen LogP contribution in [0.3, 0.4) is 0 Å². The van der Waals surface area contributed by atoms with Crippen molar-refractivity contribution in [2.45, 2.75) is 0 Å². The van der Waals surface area contributed by atoms with Gasteiger partial charge >= 0.3 is 0 Å². The van der Waals surface area contributed by atoms with Crippen LogP contribution in [0.2, 0.25) is 0 Å². The lowest BCUT2D eigenvalue weighted by atomic mass is 10.3. The molecule has 3 heteroatoms. The quantitative estimate of drug-likeness (QED) is 0.770. The van der Waals surface area contributed by atoms with E-state index in [1.165, 1.54) is 0 Å². The van der Waals surface area contributed by atoms with Gasteiger partial charge in [0, 0.05) is 4.47 Å². The highest BCUT2D eigenvalue weighted by molar-refractivity contribution is 9.11. The predicted molar refractivity (Wildman–Crippen MR) is 67.2 cm³/mol. The minimum atomic E-state index is 0.774. The Kier molecular flexibility index (Phi) is 3.44. The molecule has 0 unspecified atom stereocenters. The topological polar surface area (TPSA) is 9.23 Å². The molecule has 0 heterocycles. The standard InChI is InChI=1S/C12H7Br2O/c13-9-6-7-11(14)12(8-9)15-10-4-2-1-3-5-10/h1-2,4-8H. The summed E-state index contributed by atoms with van der Waals surface area (Å²) in [7, 11) is 0. The van der Waals surface area contributed by atoms with Gasteiger partial charge in [0.15, 0.2) is 0 Å². The third-order valence-electron chi connectivity index (χ3n) is 1.80. The van der Waals surface area contributed by atoms with E-state index in [2.05, 4.69) is 37.9 Å². The first-order valence-corrected chi connectivity index (χ1v) is 5.93. The van der Waals surface area contributed by atoms with E-state index in [0.29, 0.717) is 0 Å². The van der Waals surface area contributed by atoms with Crippen molar-refractivity contribution in [3.8, 4) is 11.5 Å². The second-order valence-electron chi connectivity index (χ2n) is 2.92. The van der Waals surface area contributed by atoms with Crippen LogP contribution in [0.4, 0.5) is 0 Å². The third-order valence-corrected chi connectivity index (χ3v) is 2.95. The molecule has 0 atom stereocenters. The third kappa shape index (κ3) is 2.83. The number of hydrogen-bond acceptors (Lipinski definition) is 1. The Balaban J connectivity index is 2.28. The van der Waals surface area contributed by atoms with Gasteiger partial charge in [0.1, 0.15) is 11.5 Å². The first kappa shape index (κ1) is 10.7. The first-order chi connectivity index (χ1) is 7.25. The molecule has 2 rings (SSSR count). The van der Waals surface area contributed by atoms with Gasteiger partial charge < -0.3 is 4.74 Å². The Morgan fingerprint density at radius 1 is 1.13 bits per heavy atom. The molecule has 1 radical (unpaired) electrons. The van der Waals surface area contributed by atoms with E-state index in [1.54, 1.807) is 6.07 Å². The minimum absolute atomic E-state index is 0.774. The smallest absolute Gasteiger partial charge is 0.142 e. The minimum Gasteiger partial charge on any atom is -0.456 e. The largest absolute Gasteiger partial charge is 0.456 e. The SMILES string of the molecule is Brc1ccc(Br)c(Oc2c[c]ccc2)c1. The molecule has 15 heavy (non-hydrogen) atoms. The molecular weight excluding hydrogens is 320 g/mol. The lowest BCUT2D eigenvalue weighted by Crippen LogP contribution is -1.84. The van der Waals surface area contributed by atoms with Gasteiger partial charge in [-0.05, 0) is 52.3 Å². The number of hydrogen-bond donors (Lipinski definition) is 0. The summed E-state index contributed by atoms with van der Waals surface area (Å²) in [6, 6.07) is 16.2. The van der Waals surface area contributed by atoms with Crippen LogP contribution < -0.4 is 4.74 Å². The molecule has 0 aliphatic rings. The van der Waals surface area contributed by atoms with E-state index >= 15 is 0 Å². The van der Waals surface area contributed by atoms with Crippen LogP contribution in [0.5, 0.6) is 11.5 Å². The fourth-order valence-electron chi connectivity index (χ4n) is 1.12. The second kappa shape index (κ2) is 4.81. The maximum Gasteiger partial charge on any atom is 0.142 e. The zero-order chi connectivity index (χ0) is 10.7. The number of rotatable bonds is 2. The molecule has 2 aromatic rings. The van der Waals surface area contributed by atoms with Crippen molar-refractivity contribution in [2.75, 3.05) is 0 Å². The van der Waals surface area contributed by atoms with Crippen LogP contribution in [0.15, 0.2) is 51.4 Å². The summed E-state index contributed by atoms with van der Waals surface area (Å²) < 4.78 is 7.59. The Morgan fingerprint density at radius 2 is 2.00 bits per heavy atom. The van der Waals surface area contributed by atoms with Crippen molar-refractivity contribution in [3.63, 3.8) is 0 Å². The van der Waals surface area contributed by atoms with Crippen LogP contribution in [0.1, 0.15) is 0 Å². The van der Waals surface area contributed by atoms with Crippen LogP contribution in [-0.4, -0.2) is 0 Å². The zero-order valence-corrected chi connectivity index (χ0v) is 10.9.